The van der Waals surface area contributed by atoms with E-state index in [4.69, 9.17) is 16.3 Å². The fraction of sp³-hybridized carbons (Fsp3) is 0.280. The van der Waals surface area contributed by atoms with Gasteiger partial charge in [0.05, 0.1) is 23.5 Å². The summed E-state index contributed by atoms with van der Waals surface area (Å²) >= 11 is 6.11. The highest BCUT2D eigenvalue weighted by atomic mass is 35.5. The average Bonchev–Trinajstić information content (AvgIpc) is 2.77. The van der Waals surface area contributed by atoms with Crippen LogP contribution < -0.4 is 15.4 Å². The van der Waals surface area contributed by atoms with E-state index in [0.717, 1.165) is 0 Å². The van der Waals surface area contributed by atoms with Gasteiger partial charge in [0.25, 0.3) is 5.91 Å². The third kappa shape index (κ3) is 5.78. The summed E-state index contributed by atoms with van der Waals surface area (Å²) in [5.41, 5.74) is 3.37. The highest BCUT2D eigenvalue weighted by molar-refractivity contribution is 6.31. The minimum Gasteiger partial charge on any atom is -0.495 e. The molecule has 0 aliphatic rings. The molecule has 7 heteroatoms. The second kappa shape index (κ2) is 10.0. The van der Waals surface area contributed by atoms with Crippen LogP contribution in [0.2, 0.25) is 5.02 Å². The van der Waals surface area contributed by atoms with E-state index >= 15 is 0 Å². The van der Waals surface area contributed by atoms with Crippen LogP contribution in [0, 0.1) is 0 Å². The van der Waals surface area contributed by atoms with Gasteiger partial charge in [0, 0.05) is 24.0 Å². The number of anilines is 2. The summed E-state index contributed by atoms with van der Waals surface area (Å²) in [4.78, 5) is 16.9. The normalized spacial score (nSPS) is 12.2. The first kappa shape index (κ1) is 23.6. The molecule has 1 amide bonds. The van der Waals surface area contributed by atoms with Gasteiger partial charge in [-0.3, -0.25) is 9.78 Å². The predicted molar refractivity (Wildman–Crippen MR) is 129 cm³/mol. The van der Waals surface area contributed by atoms with E-state index in [-0.39, 0.29) is 17.9 Å². The zero-order chi connectivity index (χ0) is 23.3. The third-order valence-corrected chi connectivity index (χ3v) is 5.38. The van der Waals surface area contributed by atoms with Crippen LogP contribution >= 0.6 is 11.6 Å². The van der Waals surface area contributed by atoms with E-state index in [9.17, 15) is 9.90 Å². The van der Waals surface area contributed by atoms with Crippen molar-refractivity contribution in [3.63, 3.8) is 0 Å². The van der Waals surface area contributed by atoms with Gasteiger partial charge < -0.3 is 20.5 Å². The zero-order valence-corrected chi connectivity index (χ0v) is 19.4. The van der Waals surface area contributed by atoms with Crippen molar-refractivity contribution >= 4 is 28.9 Å². The van der Waals surface area contributed by atoms with Gasteiger partial charge in [-0.15, -0.1) is 0 Å². The number of nitrogens with one attached hydrogen (secondary N) is 2. The van der Waals surface area contributed by atoms with Crippen molar-refractivity contribution < 1.29 is 14.6 Å². The quantitative estimate of drug-likeness (QED) is 0.443. The van der Waals surface area contributed by atoms with Crippen molar-refractivity contribution in [3.05, 3.63) is 82.6 Å². The van der Waals surface area contributed by atoms with Crippen LogP contribution in [-0.4, -0.2) is 29.7 Å². The Hall–Kier alpha value is -3.09. The molecule has 32 heavy (non-hydrogen) atoms. The van der Waals surface area contributed by atoms with E-state index in [0.29, 0.717) is 33.4 Å². The number of aliphatic hydroxyl groups excluding tert-OH is 1. The van der Waals surface area contributed by atoms with Crippen molar-refractivity contribution in [2.24, 2.45) is 0 Å². The van der Waals surface area contributed by atoms with E-state index in [1.165, 1.54) is 5.56 Å². The summed E-state index contributed by atoms with van der Waals surface area (Å²) in [6, 6.07) is 16.3. The van der Waals surface area contributed by atoms with Crippen LogP contribution in [0.5, 0.6) is 5.75 Å². The summed E-state index contributed by atoms with van der Waals surface area (Å²) in [6.45, 7) is 6.58. The van der Waals surface area contributed by atoms with E-state index < -0.39 is 6.10 Å². The predicted octanol–water partition coefficient (Wildman–Crippen LogP) is 5.44. The minimum atomic E-state index is -0.924. The molecule has 3 N–H and O–H groups in total. The molecule has 0 aliphatic carbocycles. The molecule has 1 aromatic heterocycles. The number of carbonyl (C=O) groups excluding carboxylic acids is 1. The van der Waals surface area contributed by atoms with E-state index in [1.807, 2.05) is 24.3 Å². The Morgan fingerprint density at radius 2 is 1.88 bits per heavy atom. The lowest BCUT2D eigenvalue weighted by atomic mass is 9.87. The third-order valence-electron chi connectivity index (χ3n) is 5.06. The van der Waals surface area contributed by atoms with Gasteiger partial charge in [-0.2, -0.15) is 0 Å². The van der Waals surface area contributed by atoms with Crippen LogP contribution in [0.4, 0.5) is 11.4 Å². The summed E-state index contributed by atoms with van der Waals surface area (Å²) in [5, 5.41) is 16.9. The number of carbonyl (C=O) groups is 1. The largest absolute Gasteiger partial charge is 0.495 e. The number of halogens is 1. The maximum atomic E-state index is 12.8. The lowest BCUT2D eigenvalue weighted by Crippen LogP contribution is -2.16. The first-order valence-corrected chi connectivity index (χ1v) is 10.7. The molecule has 0 spiro atoms. The summed E-state index contributed by atoms with van der Waals surface area (Å²) < 4.78 is 5.39. The van der Waals surface area contributed by atoms with E-state index in [2.05, 4.69) is 36.4 Å². The van der Waals surface area contributed by atoms with Gasteiger partial charge in [-0.25, -0.2) is 0 Å². The number of aromatic nitrogens is 1. The molecule has 0 bridgehead atoms. The molecular weight excluding hydrogens is 426 g/mol. The molecule has 0 saturated heterocycles. The first-order valence-electron chi connectivity index (χ1n) is 10.3. The van der Waals surface area contributed by atoms with Gasteiger partial charge in [0.1, 0.15) is 11.9 Å². The van der Waals surface area contributed by atoms with Gasteiger partial charge in [-0.1, -0.05) is 44.5 Å². The standard InChI is InChI=1S/C25H28ClN3O3/c1-25(2,3)17-8-10-18(11-9-17)29-24(31)16-7-12-22(32-4)20(14-16)28-15-21(30)23-19(26)6-5-13-27-23/h5-14,21,28,30H,15H2,1-4H3,(H,29,31). The Balaban J connectivity index is 1.72. The number of rotatable bonds is 7. The molecule has 3 rings (SSSR count). The fourth-order valence-corrected chi connectivity index (χ4v) is 3.44. The lowest BCUT2D eigenvalue weighted by molar-refractivity contribution is 0.102. The number of ether oxygens (including phenoxy) is 1. The number of amides is 1. The molecule has 1 unspecified atom stereocenters. The van der Waals surface area contributed by atoms with Crippen molar-refractivity contribution in [1.29, 1.82) is 0 Å². The Morgan fingerprint density at radius 3 is 2.50 bits per heavy atom. The molecule has 3 aromatic rings. The van der Waals surface area contributed by atoms with Crippen molar-refractivity contribution in [1.82, 2.24) is 4.98 Å². The van der Waals surface area contributed by atoms with Crippen LogP contribution in [0.25, 0.3) is 0 Å². The first-order chi connectivity index (χ1) is 15.2. The molecule has 0 fully saturated rings. The number of benzene rings is 2. The SMILES string of the molecule is COc1ccc(C(=O)Nc2ccc(C(C)(C)C)cc2)cc1NCC(O)c1ncccc1Cl. The number of nitrogens with zero attached hydrogens (tertiary/aromatic N) is 1. The molecule has 0 aliphatic heterocycles. The molecule has 6 nitrogen and oxygen atoms in total. The Kier molecular flexibility index (Phi) is 7.38. The zero-order valence-electron chi connectivity index (χ0n) is 18.6. The second-order valence-electron chi connectivity index (χ2n) is 8.46. The average molecular weight is 454 g/mol. The number of pyridine rings is 1. The van der Waals surface area contributed by atoms with Crippen LogP contribution in [0.3, 0.4) is 0 Å². The summed E-state index contributed by atoms with van der Waals surface area (Å²) in [7, 11) is 1.54. The van der Waals surface area contributed by atoms with Crippen molar-refractivity contribution in [3.8, 4) is 5.75 Å². The molecule has 1 heterocycles. The second-order valence-corrected chi connectivity index (χ2v) is 8.87. The lowest BCUT2D eigenvalue weighted by Gasteiger charge is -2.19. The van der Waals surface area contributed by atoms with Gasteiger partial charge in [-0.05, 0) is 53.4 Å². The Labute approximate surface area is 193 Å². The fourth-order valence-electron chi connectivity index (χ4n) is 3.19. The van der Waals surface area contributed by atoms with Gasteiger partial charge in [0.2, 0.25) is 0 Å². The topological polar surface area (TPSA) is 83.5 Å². The molecule has 1 atom stereocenters. The Bertz CT molecular complexity index is 1080. The molecular formula is C25H28ClN3O3. The highest BCUT2D eigenvalue weighted by Crippen LogP contribution is 2.28. The van der Waals surface area contributed by atoms with Crippen molar-refractivity contribution in [2.75, 3.05) is 24.3 Å². The number of hydrogen-bond acceptors (Lipinski definition) is 5. The van der Waals surface area contributed by atoms with Crippen LogP contribution in [0.1, 0.15) is 48.5 Å². The summed E-state index contributed by atoms with van der Waals surface area (Å²) in [5.74, 6) is 0.308. The maximum Gasteiger partial charge on any atom is 0.255 e. The van der Waals surface area contributed by atoms with Crippen LogP contribution in [-0.2, 0) is 5.41 Å². The summed E-state index contributed by atoms with van der Waals surface area (Å²) in [6.07, 6.45) is 0.650. The van der Waals surface area contributed by atoms with Gasteiger partial charge in [0.15, 0.2) is 0 Å². The maximum absolute atomic E-state index is 12.8. The molecule has 0 saturated carbocycles. The molecule has 2 aromatic carbocycles. The Morgan fingerprint density at radius 1 is 1.16 bits per heavy atom. The van der Waals surface area contributed by atoms with Crippen LogP contribution in [0.15, 0.2) is 60.8 Å². The van der Waals surface area contributed by atoms with Crippen molar-refractivity contribution in [2.45, 2.75) is 32.3 Å². The minimum absolute atomic E-state index is 0.0448. The number of methoxy groups -OCH3 is 1. The monoisotopic (exact) mass is 453 g/mol. The molecule has 168 valence electrons. The number of aliphatic hydroxyl groups is 1. The van der Waals surface area contributed by atoms with E-state index in [1.54, 1.807) is 43.6 Å². The molecule has 0 radical (unpaired) electrons. The number of hydrogen-bond donors (Lipinski definition) is 3. The smallest absolute Gasteiger partial charge is 0.255 e. The highest BCUT2D eigenvalue weighted by Gasteiger charge is 2.16. The van der Waals surface area contributed by atoms with Gasteiger partial charge >= 0.3 is 0 Å².